The number of fused-ring (bicyclic) bond motifs is 3. The third-order valence-corrected chi connectivity index (χ3v) is 10.5. The van der Waals surface area contributed by atoms with Crippen LogP contribution in [0.4, 0.5) is 0 Å². The summed E-state index contributed by atoms with van der Waals surface area (Å²) in [7, 11) is 4.75. The average Bonchev–Trinajstić information content (AvgIpc) is 3.03. The van der Waals surface area contributed by atoms with Gasteiger partial charge in [-0.05, 0) is 67.7 Å². The van der Waals surface area contributed by atoms with Crippen LogP contribution in [-0.2, 0) is 27.3 Å². The number of aliphatic hydroxyl groups excluding tert-OH is 3. The minimum Gasteiger partial charge on any atom is -0.508 e. The van der Waals surface area contributed by atoms with Crippen LogP contribution < -0.4 is 10.5 Å². The summed E-state index contributed by atoms with van der Waals surface area (Å²) in [6, 6.07) is 7.83. The number of likely N-dealkylation sites (N-methyl/N-ethyl adjacent to an activating group) is 1. The van der Waals surface area contributed by atoms with E-state index in [9.17, 15) is 39.9 Å². The Morgan fingerprint density at radius 2 is 1.75 bits per heavy atom. The van der Waals surface area contributed by atoms with Gasteiger partial charge < -0.3 is 36.0 Å². The molecule has 1 saturated heterocycles. The maximum atomic E-state index is 14.2. The van der Waals surface area contributed by atoms with Crippen LogP contribution in [0.5, 0.6) is 11.5 Å². The summed E-state index contributed by atoms with van der Waals surface area (Å²) < 4.78 is 5.69. The van der Waals surface area contributed by atoms with E-state index in [1.165, 1.54) is 11.0 Å². The van der Waals surface area contributed by atoms with E-state index in [0.717, 1.165) is 42.9 Å². The van der Waals surface area contributed by atoms with Crippen molar-refractivity contribution in [3.63, 3.8) is 0 Å². The Labute approximate surface area is 278 Å². The summed E-state index contributed by atoms with van der Waals surface area (Å²) in [5.74, 6) is -6.13. The second kappa shape index (κ2) is 12.6. The normalized spacial score (nSPS) is 26.4. The topological polar surface area (TPSA) is 197 Å². The van der Waals surface area contributed by atoms with Crippen molar-refractivity contribution in [1.82, 2.24) is 14.7 Å². The van der Waals surface area contributed by atoms with Gasteiger partial charge in [0.05, 0.1) is 25.3 Å². The number of benzene rings is 2. The number of hydrogen-bond donors (Lipinski definition) is 6. The van der Waals surface area contributed by atoms with Crippen LogP contribution in [0, 0.1) is 11.8 Å². The number of nitrogens with zero attached hydrogens (tertiary/aromatic N) is 3. The molecule has 1 amide bonds. The van der Waals surface area contributed by atoms with Crippen molar-refractivity contribution in [3.8, 4) is 22.6 Å². The molecule has 0 unspecified atom stereocenters. The lowest BCUT2D eigenvalue weighted by Gasteiger charge is -2.50. The molecule has 13 heteroatoms. The van der Waals surface area contributed by atoms with Crippen LogP contribution >= 0.6 is 0 Å². The van der Waals surface area contributed by atoms with Crippen LogP contribution in [-0.4, -0.2) is 130 Å². The lowest BCUT2D eigenvalue weighted by atomic mass is 9.57. The third kappa shape index (κ3) is 5.26. The van der Waals surface area contributed by atoms with Crippen LogP contribution in [0.1, 0.15) is 23.1 Å². The molecule has 2 fully saturated rings. The SMILES string of the molecule is COc1ccc(-c2ccc(O)c3c2C[C@@H]2C[C@@H]4[C@@H](N(C)C)C(=O)C(C(N)=O)=C(O)[C@@]4(O)C(=O)C2=C3O)cc1CN1CCN(CCO)CC1. The second-order valence-electron chi connectivity index (χ2n) is 13.3. The first-order valence-corrected chi connectivity index (χ1v) is 16.1. The number of Topliss-reactive ketones (excluding diaryl/α,β-unsaturated/α-hetero) is 2. The highest BCUT2D eigenvalue weighted by molar-refractivity contribution is 6.24. The lowest BCUT2D eigenvalue weighted by Crippen LogP contribution is -2.65. The van der Waals surface area contributed by atoms with Gasteiger partial charge in [-0.25, -0.2) is 0 Å². The molecule has 6 rings (SSSR count). The highest BCUT2D eigenvalue weighted by atomic mass is 16.5. The molecule has 4 atom stereocenters. The monoisotopic (exact) mass is 662 g/mol. The van der Waals surface area contributed by atoms with Gasteiger partial charge >= 0.3 is 0 Å². The van der Waals surface area contributed by atoms with Gasteiger partial charge in [-0.1, -0.05) is 12.1 Å². The Kier molecular flexibility index (Phi) is 8.85. The first-order chi connectivity index (χ1) is 22.8. The Hall–Kier alpha value is -4.27. The predicted molar refractivity (Wildman–Crippen MR) is 175 cm³/mol. The summed E-state index contributed by atoms with van der Waals surface area (Å²) in [6.45, 7) is 4.74. The number of aliphatic hydroxyl groups is 4. The Morgan fingerprint density at radius 3 is 2.38 bits per heavy atom. The van der Waals surface area contributed by atoms with Crippen molar-refractivity contribution in [2.45, 2.75) is 31.0 Å². The molecule has 2 aromatic carbocycles. The fourth-order valence-corrected chi connectivity index (χ4v) is 8.14. The van der Waals surface area contributed by atoms with Crippen molar-refractivity contribution in [2.24, 2.45) is 17.6 Å². The highest BCUT2D eigenvalue weighted by Crippen LogP contribution is 2.53. The highest BCUT2D eigenvalue weighted by Gasteiger charge is 2.64. The van der Waals surface area contributed by atoms with Crippen molar-refractivity contribution in [3.05, 3.63) is 63.9 Å². The smallest absolute Gasteiger partial charge is 0.255 e. The van der Waals surface area contributed by atoms with Crippen molar-refractivity contribution < 1.29 is 44.7 Å². The van der Waals surface area contributed by atoms with E-state index in [4.69, 9.17) is 10.5 Å². The molecule has 1 aliphatic heterocycles. The van der Waals surface area contributed by atoms with Crippen molar-refractivity contribution in [1.29, 1.82) is 0 Å². The number of ketones is 2. The summed E-state index contributed by atoms with van der Waals surface area (Å²) in [6.07, 6.45) is 0.198. The second-order valence-corrected chi connectivity index (χ2v) is 13.3. The van der Waals surface area contributed by atoms with E-state index in [-0.39, 0.29) is 36.3 Å². The average molecular weight is 663 g/mol. The number of carbonyl (C=O) groups excluding carboxylic acids is 3. The zero-order valence-electron chi connectivity index (χ0n) is 27.3. The fraction of sp³-hybridized carbons (Fsp3) is 0.457. The van der Waals surface area contributed by atoms with Gasteiger partial charge in [-0.3, -0.25) is 29.1 Å². The maximum absolute atomic E-state index is 14.2. The zero-order valence-corrected chi connectivity index (χ0v) is 27.3. The Bertz CT molecular complexity index is 1740. The lowest BCUT2D eigenvalue weighted by molar-refractivity contribution is -0.153. The van der Waals surface area contributed by atoms with Gasteiger partial charge in [-0.15, -0.1) is 0 Å². The van der Waals surface area contributed by atoms with E-state index < -0.39 is 58.0 Å². The molecule has 4 aliphatic rings. The van der Waals surface area contributed by atoms with Crippen molar-refractivity contribution in [2.75, 3.05) is 60.5 Å². The van der Waals surface area contributed by atoms with E-state index in [1.807, 2.05) is 18.2 Å². The number of β-amino-alcohol motifs (C(OH)–C–C–N with tert-alkyl or cyclic N) is 1. The van der Waals surface area contributed by atoms with E-state index in [0.29, 0.717) is 24.4 Å². The minimum atomic E-state index is -2.69. The number of amides is 1. The summed E-state index contributed by atoms with van der Waals surface area (Å²) >= 11 is 0. The predicted octanol–water partition coefficient (Wildman–Crippen LogP) is 0.750. The molecule has 3 aliphatic carbocycles. The standard InChI is InChI=1S/C35H42N4O9/c1-37(2)29-23-16-19-15-22-21(18-4-7-25(48-3)20(14-18)17-39-10-8-38(9-11-39)12-13-40)5-6-24(41)27(22)30(42)26(19)32(44)35(23,47)33(45)28(31(29)43)34(36)46/h4-7,14,19,23,29,40-42,45,47H,8-13,15-17H2,1-3H3,(H2,36,46)/t19-,23-,29-,35+/m1/s1. The molecule has 0 aromatic heterocycles. The molecule has 7 N–H and O–H groups in total. The third-order valence-electron chi connectivity index (χ3n) is 10.5. The number of phenolic OH excluding ortho intramolecular Hbond substituents is 1. The number of ether oxygens (including phenoxy) is 1. The molecular weight excluding hydrogens is 620 g/mol. The zero-order chi connectivity index (χ0) is 34.7. The minimum absolute atomic E-state index is 0.0109. The van der Waals surface area contributed by atoms with Crippen LogP contribution in [0.25, 0.3) is 16.9 Å². The molecular formula is C35H42N4O9. The summed E-state index contributed by atoms with van der Waals surface area (Å²) in [5, 5.41) is 54.9. The number of phenols is 1. The Balaban J connectivity index is 1.42. The first kappa shape index (κ1) is 33.6. The number of aromatic hydroxyl groups is 1. The number of methoxy groups -OCH3 is 1. The maximum Gasteiger partial charge on any atom is 0.255 e. The van der Waals surface area contributed by atoms with Gasteiger partial charge in [0, 0.05) is 56.3 Å². The number of piperazine rings is 1. The molecule has 2 aromatic rings. The molecule has 1 saturated carbocycles. The fourth-order valence-electron chi connectivity index (χ4n) is 8.14. The van der Waals surface area contributed by atoms with E-state index >= 15 is 0 Å². The number of rotatable bonds is 8. The number of primary amides is 1. The molecule has 1 heterocycles. The van der Waals surface area contributed by atoms with Crippen molar-refractivity contribution >= 4 is 23.2 Å². The van der Waals surface area contributed by atoms with E-state index in [1.54, 1.807) is 27.3 Å². The van der Waals surface area contributed by atoms with E-state index in [2.05, 4.69) is 9.80 Å². The Morgan fingerprint density at radius 1 is 1.06 bits per heavy atom. The van der Waals surface area contributed by atoms with Gasteiger partial charge in [0.15, 0.2) is 11.4 Å². The van der Waals surface area contributed by atoms with Crippen LogP contribution in [0.15, 0.2) is 47.2 Å². The summed E-state index contributed by atoms with van der Waals surface area (Å²) in [4.78, 5) is 45.8. The van der Waals surface area contributed by atoms with Gasteiger partial charge in [0.2, 0.25) is 5.78 Å². The summed E-state index contributed by atoms with van der Waals surface area (Å²) in [5.41, 5.74) is 4.81. The molecule has 256 valence electrons. The molecule has 0 bridgehead atoms. The van der Waals surface area contributed by atoms with Gasteiger partial charge in [-0.2, -0.15) is 0 Å². The largest absolute Gasteiger partial charge is 0.508 e. The quantitative estimate of drug-likeness (QED) is 0.217. The molecule has 0 spiro atoms. The van der Waals surface area contributed by atoms with Gasteiger partial charge in [0.1, 0.15) is 28.6 Å². The van der Waals surface area contributed by atoms with Gasteiger partial charge in [0.25, 0.3) is 5.91 Å². The molecule has 48 heavy (non-hydrogen) atoms. The molecule has 0 radical (unpaired) electrons. The molecule has 13 nitrogen and oxygen atoms in total. The number of carbonyl (C=O) groups is 3. The number of nitrogens with two attached hydrogens (primary N) is 1. The van der Waals surface area contributed by atoms with Crippen LogP contribution in [0.2, 0.25) is 0 Å². The first-order valence-electron chi connectivity index (χ1n) is 16.1. The van der Waals surface area contributed by atoms with Crippen LogP contribution in [0.3, 0.4) is 0 Å². The number of hydrogen-bond acceptors (Lipinski definition) is 12.